The van der Waals surface area contributed by atoms with Crippen LogP contribution in [0.25, 0.3) is 0 Å². The van der Waals surface area contributed by atoms with E-state index in [1.54, 1.807) is 19.2 Å². The smallest absolute Gasteiger partial charge is 0.314 e. The quantitative estimate of drug-likeness (QED) is 0.629. The van der Waals surface area contributed by atoms with Crippen LogP contribution in [-0.2, 0) is 0 Å². The van der Waals surface area contributed by atoms with E-state index < -0.39 is 4.92 Å². The Labute approximate surface area is 123 Å². The van der Waals surface area contributed by atoms with Gasteiger partial charge in [0.2, 0.25) is 5.82 Å². The van der Waals surface area contributed by atoms with Gasteiger partial charge in [0, 0.05) is 24.3 Å². The molecule has 1 unspecified atom stereocenters. The summed E-state index contributed by atoms with van der Waals surface area (Å²) in [5.74, 6) is 0.292. The van der Waals surface area contributed by atoms with Crippen LogP contribution in [0.5, 0.6) is 0 Å². The van der Waals surface area contributed by atoms with E-state index in [1.807, 2.05) is 30.3 Å². The highest BCUT2D eigenvalue weighted by Crippen LogP contribution is 2.25. The lowest BCUT2D eigenvalue weighted by atomic mass is 10.1. The lowest BCUT2D eigenvalue weighted by Gasteiger charge is -2.13. The van der Waals surface area contributed by atoms with Gasteiger partial charge < -0.3 is 11.1 Å². The van der Waals surface area contributed by atoms with Crippen molar-refractivity contribution < 1.29 is 4.92 Å². The van der Waals surface area contributed by atoms with Crippen LogP contribution < -0.4 is 11.1 Å². The molecule has 6 heteroatoms. The van der Waals surface area contributed by atoms with Crippen LogP contribution in [0.2, 0.25) is 0 Å². The Morgan fingerprint density at radius 2 is 2.05 bits per heavy atom. The second-order valence-corrected chi connectivity index (χ2v) is 4.81. The molecule has 2 rings (SSSR count). The van der Waals surface area contributed by atoms with Crippen molar-refractivity contribution in [3.8, 4) is 0 Å². The number of anilines is 1. The summed E-state index contributed by atoms with van der Waals surface area (Å²) in [6, 6.07) is 11.3. The lowest BCUT2D eigenvalue weighted by Crippen LogP contribution is -2.16. The fraction of sp³-hybridized carbons (Fsp3) is 0.267. The number of hydrogen-bond donors (Lipinski definition) is 2. The third-order valence-electron chi connectivity index (χ3n) is 3.28. The molecule has 0 bridgehead atoms. The Hall–Kier alpha value is -2.47. The summed E-state index contributed by atoms with van der Waals surface area (Å²) < 4.78 is 0. The van der Waals surface area contributed by atoms with Crippen LogP contribution in [0.1, 0.15) is 23.6 Å². The molecule has 0 amide bonds. The van der Waals surface area contributed by atoms with Crippen molar-refractivity contribution in [2.45, 2.75) is 19.4 Å². The van der Waals surface area contributed by atoms with Gasteiger partial charge in [0.05, 0.1) is 4.92 Å². The van der Waals surface area contributed by atoms with E-state index in [0.29, 0.717) is 24.3 Å². The number of nitro groups is 1. The van der Waals surface area contributed by atoms with E-state index in [0.717, 1.165) is 5.56 Å². The van der Waals surface area contributed by atoms with Crippen molar-refractivity contribution in [3.63, 3.8) is 0 Å². The minimum atomic E-state index is -0.415. The molecule has 1 heterocycles. The number of aromatic nitrogens is 1. The van der Waals surface area contributed by atoms with Crippen LogP contribution in [0.15, 0.2) is 42.6 Å². The number of nitrogens with one attached hydrogen (secondary N) is 1. The van der Waals surface area contributed by atoms with Crippen LogP contribution >= 0.6 is 0 Å². The first kappa shape index (κ1) is 14.9. The lowest BCUT2D eigenvalue weighted by molar-refractivity contribution is -0.384. The second-order valence-electron chi connectivity index (χ2n) is 4.81. The van der Waals surface area contributed by atoms with Gasteiger partial charge in [0.1, 0.15) is 0 Å². The van der Waals surface area contributed by atoms with Gasteiger partial charge in [0.25, 0.3) is 0 Å². The predicted octanol–water partition coefficient (Wildman–Crippen LogP) is 2.80. The molecule has 21 heavy (non-hydrogen) atoms. The number of benzene rings is 1. The molecule has 1 aromatic carbocycles. The number of aryl methyl sites for hydroxylation is 1. The maximum Gasteiger partial charge on any atom is 0.314 e. The first-order chi connectivity index (χ1) is 10.1. The van der Waals surface area contributed by atoms with Gasteiger partial charge in [-0.1, -0.05) is 30.3 Å². The van der Waals surface area contributed by atoms with E-state index in [1.165, 1.54) is 0 Å². The van der Waals surface area contributed by atoms with E-state index in [4.69, 9.17) is 5.73 Å². The first-order valence-electron chi connectivity index (χ1n) is 6.74. The average molecular weight is 286 g/mol. The number of pyridine rings is 1. The van der Waals surface area contributed by atoms with Gasteiger partial charge in [-0.05, 0) is 25.0 Å². The van der Waals surface area contributed by atoms with Gasteiger partial charge in [-0.3, -0.25) is 10.1 Å². The Morgan fingerprint density at radius 1 is 1.33 bits per heavy atom. The van der Waals surface area contributed by atoms with E-state index in [2.05, 4.69) is 10.3 Å². The zero-order valence-corrected chi connectivity index (χ0v) is 11.8. The summed E-state index contributed by atoms with van der Waals surface area (Å²) in [6.07, 6.45) is 2.22. The molecule has 0 spiro atoms. The van der Waals surface area contributed by atoms with Crippen molar-refractivity contribution in [1.29, 1.82) is 0 Å². The first-order valence-corrected chi connectivity index (χ1v) is 6.74. The third kappa shape index (κ3) is 3.76. The summed E-state index contributed by atoms with van der Waals surface area (Å²) in [7, 11) is 0. The van der Waals surface area contributed by atoms with E-state index >= 15 is 0 Å². The van der Waals surface area contributed by atoms with Gasteiger partial charge in [0.15, 0.2) is 0 Å². The maximum atomic E-state index is 11.1. The van der Waals surface area contributed by atoms with Crippen LogP contribution in [0.3, 0.4) is 0 Å². The Balaban J connectivity index is 1.98. The summed E-state index contributed by atoms with van der Waals surface area (Å²) in [4.78, 5) is 14.7. The standard InChI is InChI=1S/C15H18N4O2/c1-11-7-9-17-15(14(11)19(20)21)18-10-8-13(16)12-5-3-2-4-6-12/h2-7,9,13H,8,10,16H2,1H3,(H,17,18). The fourth-order valence-electron chi connectivity index (χ4n) is 2.12. The van der Waals surface area contributed by atoms with Crippen LogP contribution in [-0.4, -0.2) is 16.5 Å². The minimum Gasteiger partial charge on any atom is -0.364 e. The SMILES string of the molecule is Cc1ccnc(NCCC(N)c2ccccc2)c1[N+](=O)[O-]. The van der Waals surface area contributed by atoms with E-state index in [-0.39, 0.29) is 11.7 Å². The summed E-state index contributed by atoms with van der Waals surface area (Å²) >= 11 is 0. The van der Waals surface area contributed by atoms with Gasteiger partial charge in [-0.25, -0.2) is 4.98 Å². The van der Waals surface area contributed by atoms with Gasteiger partial charge in [-0.15, -0.1) is 0 Å². The molecule has 0 aliphatic carbocycles. The molecular weight excluding hydrogens is 268 g/mol. The van der Waals surface area contributed by atoms with Crippen molar-refractivity contribution in [2.24, 2.45) is 5.73 Å². The highest BCUT2D eigenvalue weighted by molar-refractivity contribution is 5.59. The van der Waals surface area contributed by atoms with Gasteiger partial charge >= 0.3 is 5.69 Å². The molecule has 0 saturated heterocycles. The number of rotatable bonds is 6. The molecule has 0 saturated carbocycles. The van der Waals surface area contributed by atoms with Crippen molar-refractivity contribution in [2.75, 3.05) is 11.9 Å². The largest absolute Gasteiger partial charge is 0.364 e. The summed E-state index contributed by atoms with van der Waals surface area (Å²) in [5, 5.41) is 14.1. The molecule has 1 atom stereocenters. The Bertz CT molecular complexity index is 616. The monoisotopic (exact) mass is 286 g/mol. The minimum absolute atomic E-state index is 0.0192. The molecule has 0 fully saturated rings. The molecule has 6 nitrogen and oxygen atoms in total. The zero-order valence-electron chi connectivity index (χ0n) is 11.8. The predicted molar refractivity (Wildman–Crippen MR) is 82.1 cm³/mol. The Kier molecular flexibility index (Phi) is 4.84. The molecule has 110 valence electrons. The van der Waals surface area contributed by atoms with Gasteiger partial charge in [-0.2, -0.15) is 0 Å². The molecule has 0 aliphatic rings. The molecule has 0 radical (unpaired) electrons. The second kappa shape index (κ2) is 6.81. The highest BCUT2D eigenvalue weighted by Gasteiger charge is 2.18. The molecule has 0 aliphatic heterocycles. The zero-order chi connectivity index (χ0) is 15.2. The Morgan fingerprint density at radius 3 is 2.71 bits per heavy atom. The molecule has 1 aromatic heterocycles. The highest BCUT2D eigenvalue weighted by atomic mass is 16.6. The van der Waals surface area contributed by atoms with Crippen molar-refractivity contribution in [3.05, 3.63) is 63.8 Å². The van der Waals surface area contributed by atoms with Crippen LogP contribution in [0.4, 0.5) is 11.5 Å². The van der Waals surface area contributed by atoms with Crippen LogP contribution in [0, 0.1) is 17.0 Å². The maximum absolute atomic E-state index is 11.1. The topological polar surface area (TPSA) is 94.1 Å². The molecule has 3 N–H and O–H groups in total. The average Bonchev–Trinajstić information content (AvgIpc) is 2.47. The summed E-state index contributed by atoms with van der Waals surface area (Å²) in [5.41, 5.74) is 7.75. The number of nitrogens with two attached hydrogens (primary N) is 1. The van der Waals surface area contributed by atoms with E-state index in [9.17, 15) is 10.1 Å². The normalized spacial score (nSPS) is 11.9. The third-order valence-corrected chi connectivity index (χ3v) is 3.28. The summed E-state index contributed by atoms with van der Waals surface area (Å²) in [6.45, 7) is 2.22. The van der Waals surface area contributed by atoms with Crippen molar-refractivity contribution in [1.82, 2.24) is 4.98 Å². The van der Waals surface area contributed by atoms with Crippen molar-refractivity contribution >= 4 is 11.5 Å². The fourth-order valence-corrected chi connectivity index (χ4v) is 2.12. The number of hydrogen-bond acceptors (Lipinski definition) is 5. The molecular formula is C15H18N4O2. The number of nitrogens with zero attached hydrogens (tertiary/aromatic N) is 2. The molecule has 2 aromatic rings.